The van der Waals surface area contributed by atoms with Gasteiger partial charge in [0.1, 0.15) is 11.4 Å². The van der Waals surface area contributed by atoms with Crippen LogP contribution in [-0.4, -0.2) is 75.6 Å². The molecule has 24 heavy (non-hydrogen) atoms. The van der Waals surface area contributed by atoms with E-state index in [0.717, 1.165) is 58.0 Å². The van der Waals surface area contributed by atoms with E-state index < -0.39 is 0 Å². The molecule has 1 spiro atoms. The molecule has 1 aromatic carbocycles. The molecule has 0 aliphatic carbocycles. The summed E-state index contributed by atoms with van der Waals surface area (Å²) in [5.41, 5.74) is 1.17. The van der Waals surface area contributed by atoms with Crippen molar-refractivity contribution in [3.8, 4) is 5.75 Å². The number of methoxy groups -OCH3 is 1. The first-order valence-corrected chi connectivity index (χ1v) is 8.84. The number of nitrogens with zero attached hydrogens (tertiary/aromatic N) is 2. The van der Waals surface area contributed by atoms with Gasteiger partial charge in [-0.3, -0.25) is 4.90 Å². The van der Waals surface area contributed by atoms with Crippen LogP contribution in [0.25, 0.3) is 0 Å². The highest BCUT2D eigenvalue weighted by atomic mass is 16.6. The largest absolute Gasteiger partial charge is 0.497 e. The van der Waals surface area contributed by atoms with Gasteiger partial charge in [-0.2, -0.15) is 0 Å². The van der Waals surface area contributed by atoms with Gasteiger partial charge in [-0.1, -0.05) is 12.1 Å². The normalized spacial score (nSPS) is 28.4. The van der Waals surface area contributed by atoms with Crippen LogP contribution in [0.4, 0.5) is 0 Å². The Kier molecular flexibility index (Phi) is 5.76. The van der Waals surface area contributed by atoms with Gasteiger partial charge in [0.2, 0.25) is 0 Å². The first-order chi connectivity index (χ1) is 11.6. The fourth-order valence-corrected chi connectivity index (χ4v) is 3.76. The molecule has 2 heterocycles. The van der Waals surface area contributed by atoms with Gasteiger partial charge in [0.15, 0.2) is 0 Å². The molecule has 0 unspecified atom stereocenters. The molecular formula is C19H30N2O3. The first-order valence-electron chi connectivity index (χ1n) is 8.84. The summed E-state index contributed by atoms with van der Waals surface area (Å²) in [5, 5.41) is 0. The van der Waals surface area contributed by atoms with Crippen LogP contribution in [0.5, 0.6) is 5.75 Å². The summed E-state index contributed by atoms with van der Waals surface area (Å²) in [6.07, 6.45) is 2.53. The van der Waals surface area contributed by atoms with Gasteiger partial charge in [0.05, 0.1) is 26.4 Å². The van der Waals surface area contributed by atoms with Crippen LogP contribution >= 0.6 is 0 Å². The van der Waals surface area contributed by atoms with Crippen molar-refractivity contribution in [1.82, 2.24) is 9.80 Å². The number of likely N-dealkylation sites (N-methyl/N-ethyl adjacent to an activating group) is 1. The Balaban J connectivity index is 1.62. The van der Waals surface area contributed by atoms with Gasteiger partial charge in [0, 0.05) is 26.2 Å². The van der Waals surface area contributed by atoms with Gasteiger partial charge in [-0.25, -0.2) is 0 Å². The van der Waals surface area contributed by atoms with E-state index in [0.29, 0.717) is 6.10 Å². The average molecular weight is 334 g/mol. The molecule has 2 atom stereocenters. The number of rotatable bonds is 5. The molecule has 0 aromatic heterocycles. The van der Waals surface area contributed by atoms with Crippen LogP contribution in [0.1, 0.15) is 18.4 Å². The average Bonchev–Trinajstić information content (AvgIpc) is 2.82. The van der Waals surface area contributed by atoms with Crippen LogP contribution < -0.4 is 4.74 Å². The molecule has 2 fully saturated rings. The van der Waals surface area contributed by atoms with Crippen molar-refractivity contribution < 1.29 is 14.2 Å². The lowest BCUT2D eigenvalue weighted by atomic mass is 9.99. The Morgan fingerprint density at radius 3 is 2.79 bits per heavy atom. The Labute approximate surface area is 145 Å². The molecule has 3 rings (SSSR count). The molecular weight excluding hydrogens is 304 g/mol. The Morgan fingerprint density at radius 2 is 2.08 bits per heavy atom. The second-order valence-electron chi connectivity index (χ2n) is 7.34. The minimum absolute atomic E-state index is 0.135. The predicted octanol–water partition coefficient (Wildman–Crippen LogP) is 2.01. The number of benzene rings is 1. The third-order valence-corrected chi connectivity index (χ3v) is 4.90. The van der Waals surface area contributed by atoms with Gasteiger partial charge < -0.3 is 19.1 Å². The van der Waals surface area contributed by atoms with Crippen LogP contribution in [-0.2, 0) is 16.0 Å². The van der Waals surface area contributed by atoms with Crippen molar-refractivity contribution >= 4 is 0 Å². The SMILES string of the molecule is COc1ccc(CN2CCOC[C@@]3(CC[C@H](CN(C)C)O3)C2)cc1. The molecule has 2 aliphatic rings. The third-order valence-electron chi connectivity index (χ3n) is 4.90. The Morgan fingerprint density at radius 1 is 1.29 bits per heavy atom. The maximum Gasteiger partial charge on any atom is 0.118 e. The zero-order chi connectivity index (χ0) is 17.0. The van der Waals surface area contributed by atoms with Crippen molar-refractivity contribution in [1.29, 1.82) is 0 Å². The summed E-state index contributed by atoms with van der Waals surface area (Å²) in [5.74, 6) is 0.903. The maximum atomic E-state index is 6.46. The van der Waals surface area contributed by atoms with E-state index in [-0.39, 0.29) is 5.60 Å². The topological polar surface area (TPSA) is 34.2 Å². The second-order valence-corrected chi connectivity index (χ2v) is 7.34. The zero-order valence-corrected chi connectivity index (χ0v) is 15.2. The van der Waals surface area contributed by atoms with Crippen LogP contribution in [0.3, 0.4) is 0 Å². The molecule has 1 aromatic rings. The van der Waals surface area contributed by atoms with Gasteiger partial charge in [-0.15, -0.1) is 0 Å². The highest BCUT2D eigenvalue weighted by Crippen LogP contribution is 2.33. The monoisotopic (exact) mass is 334 g/mol. The molecule has 2 aliphatic heterocycles. The van der Waals surface area contributed by atoms with Gasteiger partial charge in [0.25, 0.3) is 0 Å². The Hall–Kier alpha value is -1.14. The minimum atomic E-state index is -0.135. The van der Waals surface area contributed by atoms with Crippen LogP contribution in [0.2, 0.25) is 0 Å². The number of hydrogen-bond donors (Lipinski definition) is 0. The minimum Gasteiger partial charge on any atom is -0.497 e. The summed E-state index contributed by atoms with van der Waals surface area (Å²) < 4.78 is 17.6. The molecule has 0 bridgehead atoms. The summed E-state index contributed by atoms with van der Waals surface area (Å²) in [4.78, 5) is 4.67. The highest BCUT2D eigenvalue weighted by Gasteiger charge is 2.43. The molecule has 134 valence electrons. The van der Waals surface area contributed by atoms with E-state index in [4.69, 9.17) is 14.2 Å². The predicted molar refractivity (Wildman–Crippen MR) is 94.5 cm³/mol. The maximum absolute atomic E-state index is 6.46. The summed E-state index contributed by atoms with van der Waals surface area (Å²) in [6.45, 7) is 5.31. The molecule has 0 radical (unpaired) electrons. The van der Waals surface area contributed by atoms with E-state index in [1.165, 1.54) is 5.56 Å². The third kappa shape index (κ3) is 4.48. The van der Waals surface area contributed by atoms with Gasteiger partial charge in [-0.05, 0) is 44.6 Å². The second kappa shape index (κ2) is 7.83. The molecule has 0 amide bonds. The van der Waals surface area contributed by atoms with Crippen molar-refractivity contribution in [2.45, 2.75) is 31.1 Å². The number of hydrogen-bond acceptors (Lipinski definition) is 5. The fraction of sp³-hybridized carbons (Fsp3) is 0.684. The lowest BCUT2D eigenvalue weighted by Gasteiger charge is -2.32. The van der Waals surface area contributed by atoms with Crippen molar-refractivity contribution in [3.63, 3.8) is 0 Å². The fourth-order valence-electron chi connectivity index (χ4n) is 3.76. The van der Waals surface area contributed by atoms with Crippen LogP contribution in [0.15, 0.2) is 24.3 Å². The summed E-state index contributed by atoms with van der Waals surface area (Å²) >= 11 is 0. The quantitative estimate of drug-likeness (QED) is 0.823. The standard InChI is InChI=1S/C19H30N2O3/c1-20(2)13-18-8-9-19(24-18)14-21(10-11-23-15-19)12-16-4-6-17(22-3)7-5-16/h4-7,18H,8-15H2,1-3H3/t18-,19-/m1/s1. The molecule has 5 nitrogen and oxygen atoms in total. The van der Waals surface area contributed by atoms with Gasteiger partial charge >= 0.3 is 0 Å². The van der Waals surface area contributed by atoms with Crippen LogP contribution in [0, 0.1) is 0 Å². The van der Waals surface area contributed by atoms with Crippen molar-refractivity contribution in [3.05, 3.63) is 29.8 Å². The highest BCUT2D eigenvalue weighted by molar-refractivity contribution is 5.27. The van der Waals surface area contributed by atoms with E-state index in [9.17, 15) is 0 Å². The molecule has 0 saturated carbocycles. The lowest BCUT2D eigenvalue weighted by Crippen LogP contribution is -2.45. The van der Waals surface area contributed by atoms with E-state index in [2.05, 4.69) is 36.0 Å². The number of ether oxygens (including phenoxy) is 3. The summed E-state index contributed by atoms with van der Waals surface area (Å²) in [6, 6.07) is 8.33. The lowest BCUT2D eigenvalue weighted by molar-refractivity contribution is -0.0902. The van der Waals surface area contributed by atoms with Crippen molar-refractivity contribution in [2.24, 2.45) is 0 Å². The molecule has 0 N–H and O–H groups in total. The van der Waals surface area contributed by atoms with E-state index in [1.807, 2.05) is 12.1 Å². The first kappa shape index (κ1) is 17.7. The van der Waals surface area contributed by atoms with Crippen molar-refractivity contribution in [2.75, 3.05) is 54.1 Å². The smallest absolute Gasteiger partial charge is 0.118 e. The zero-order valence-electron chi connectivity index (χ0n) is 15.2. The summed E-state index contributed by atoms with van der Waals surface area (Å²) in [7, 11) is 5.91. The molecule has 2 saturated heterocycles. The molecule has 5 heteroatoms. The van der Waals surface area contributed by atoms with E-state index >= 15 is 0 Å². The van der Waals surface area contributed by atoms with E-state index in [1.54, 1.807) is 7.11 Å². The Bertz CT molecular complexity index is 520.